The van der Waals surface area contributed by atoms with E-state index in [0.29, 0.717) is 5.69 Å². The highest BCUT2D eigenvalue weighted by atomic mass is 16.3. The second-order valence-electron chi connectivity index (χ2n) is 6.10. The summed E-state index contributed by atoms with van der Waals surface area (Å²) in [6.07, 6.45) is 0.144. The van der Waals surface area contributed by atoms with Gasteiger partial charge in [0.15, 0.2) is 0 Å². The van der Waals surface area contributed by atoms with E-state index in [1.807, 2.05) is 45.9 Å². The average molecular weight is 292 g/mol. The summed E-state index contributed by atoms with van der Waals surface area (Å²) in [6.45, 7) is 7.65. The third kappa shape index (κ3) is 5.55. The Morgan fingerprint density at radius 1 is 1.24 bits per heavy atom. The van der Waals surface area contributed by atoms with Crippen LogP contribution in [0.25, 0.3) is 0 Å². The van der Waals surface area contributed by atoms with E-state index in [1.54, 1.807) is 6.07 Å². The number of benzene rings is 1. The number of aryl methyl sites for hydroxylation is 1. The molecule has 116 valence electrons. The van der Waals surface area contributed by atoms with Gasteiger partial charge in [0.25, 0.3) is 0 Å². The number of aliphatic hydroxyl groups excluding tert-OH is 1. The molecule has 1 aromatic carbocycles. The Labute approximate surface area is 125 Å². The molecule has 0 unspecified atom stereocenters. The SMILES string of the molecule is CCc1cccc(NC(=O)C(=O)NC[C@@H](O)C(C)(C)C)c1. The number of aliphatic hydroxyl groups is 1. The minimum Gasteiger partial charge on any atom is -0.391 e. The number of nitrogens with one attached hydrogen (secondary N) is 2. The van der Waals surface area contributed by atoms with Gasteiger partial charge in [0.1, 0.15) is 0 Å². The van der Waals surface area contributed by atoms with Gasteiger partial charge < -0.3 is 15.7 Å². The lowest BCUT2D eigenvalue weighted by Gasteiger charge is -2.25. The lowest BCUT2D eigenvalue weighted by atomic mass is 9.89. The molecule has 3 N–H and O–H groups in total. The first-order chi connectivity index (χ1) is 9.74. The van der Waals surface area contributed by atoms with Gasteiger partial charge in [0.2, 0.25) is 0 Å². The van der Waals surface area contributed by atoms with Crippen LogP contribution in [0.15, 0.2) is 24.3 Å². The first-order valence-corrected chi connectivity index (χ1v) is 7.10. The Morgan fingerprint density at radius 2 is 1.90 bits per heavy atom. The summed E-state index contributed by atoms with van der Waals surface area (Å²) in [4.78, 5) is 23.5. The molecule has 1 atom stereocenters. The molecular weight excluding hydrogens is 268 g/mol. The van der Waals surface area contributed by atoms with E-state index >= 15 is 0 Å². The molecule has 0 aliphatic rings. The molecule has 0 bridgehead atoms. The van der Waals surface area contributed by atoms with Crippen LogP contribution >= 0.6 is 0 Å². The van der Waals surface area contributed by atoms with Crippen molar-refractivity contribution in [2.45, 2.75) is 40.2 Å². The van der Waals surface area contributed by atoms with Crippen LogP contribution in [0, 0.1) is 5.41 Å². The second-order valence-corrected chi connectivity index (χ2v) is 6.10. The quantitative estimate of drug-likeness (QED) is 0.739. The predicted octanol–water partition coefficient (Wildman–Crippen LogP) is 1.71. The molecule has 0 fully saturated rings. The molecule has 2 amide bonds. The summed E-state index contributed by atoms with van der Waals surface area (Å²) in [5.41, 5.74) is 1.32. The summed E-state index contributed by atoms with van der Waals surface area (Å²) in [5.74, 6) is -1.48. The lowest BCUT2D eigenvalue weighted by Crippen LogP contribution is -2.43. The zero-order valence-electron chi connectivity index (χ0n) is 13.1. The van der Waals surface area contributed by atoms with Crippen molar-refractivity contribution in [3.63, 3.8) is 0 Å². The number of hydrogen-bond acceptors (Lipinski definition) is 3. The van der Waals surface area contributed by atoms with Crippen LogP contribution in [-0.2, 0) is 16.0 Å². The molecule has 0 aliphatic carbocycles. The number of rotatable bonds is 4. The maximum Gasteiger partial charge on any atom is 0.313 e. The number of carbonyl (C=O) groups excluding carboxylic acids is 2. The fraction of sp³-hybridized carbons (Fsp3) is 0.500. The molecule has 1 rings (SSSR count). The van der Waals surface area contributed by atoms with Crippen LogP contribution in [0.2, 0.25) is 0 Å². The Bertz CT molecular complexity index is 506. The molecule has 0 aromatic heterocycles. The van der Waals surface area contributed by atoms with Gasteiger partial charge >= 0.3 is 11.8 Å². The standard InChI is InChI=1S/C16H24N2O3/c1-5-11-7-6-8-12(9-11)18-15(21)14(20)17-10-13(19)16(2,3)4/h6-9,13,19H,5,10H2,1-4H3,(H,17,20)(H,18,21)/t13-/m1/s1. The van der Waals surface area contributed by atoms with Crippen molar-refractivity contribution in [2.24, 2.45) is 5.41 Å². The number of carbonyl (C=O) groups is 2. The van der Waals surface area contributed by atoms with Gasteiger partial charge in [-0.25, -0.2) is 0 Å². The molecule has 0 saturated carbocycles. The van der Waals surface area contributed by atoms with Crippen molar-refractivity contribution in [1.29, 1.82) is 0 Å². The van der Waals surface area contributed by atoms with Crippen LogP contribution in [0.1, 0.15) is 33.3 Å². The fourth-order valence-electron chi connectivity index (χ4n) is 1.63. The van der Waals surface area contributed by atoms with Gasteiger partial charge in [-0.2, -0.15) is 0 Å². The summed E-state index contributed by atoms with van der Waals surface area (Å²) >= 11 is 0. The summed E-state index contributed by atoms with van der Waals surface area (Å²) in [7, 11) is 0. The van der Waals surface area contributed by atoms with E-state index in [4.69, 9.17) is 0 Å². The minimum atomic E-state index is -0.750. The van der Waals surface area contributed by atoms with Crippen molar-refractivity contribution in [1.82, 2.24) is 5.32 Å². The van der Waals surface area contributed by atoms with Crippen molar-refractivity contribution < 1.29 is 14.7 Å². The molecule has 0 spiro atoms. The first kappa shape index (κ1) is 17.2. The monoisotopic (exact) mass is 292 g/mol. The largest absolute Gasteiger partial charge is 0.391 e. The average Bonchev–Trinajstić information content (AvgIpc) is 2.43. The van der Waals surface area contributed by atoms with Crippen LogP contribution < -0.4 is 10.6 Å². The highest BCUT2D eigenvalue weighted by Gasteiger charge is 2.23. The first-order valence-electron chi connectivity index (χ1n) is 7.10. The van der Waals surface area contributed by atoms with E-state index in [-0.39, 0.29) is 12.0 Å². The molecule has 5 heteroatoms. The fourth-order valence-corrected chi connectivity index (χ4v) is 1.63. The molecule has 0 heterocycles. The second kappa shape index (κ2) is 7.22. The van der Waals surface area contributed by atoms with Gasteiger partial charge in [0, 0.05) is 12.2 Å². The zero-order valence-corrected chi connectivity index (χ0v) is 13.1. The van der Waals surface area contributed by atoms with E-state index in [9.17, 15) is 14.7 Å². The smallest absolute Gasteiger partial charge is 0.313 e. The Balaban J connectivity index is 2.53. The Kier molecular flexibility index (Phi) is 5.90. The van der Waals surface area contributed by atoms with Crippen LogP contribution in [0.4, 0.5) is 5.69 Å². The van der Waals surface area contributed by atoms with Gasteiger partial charge in [-0.1, -0.05) is 39.8 Å². The van der Waals surface area contributed by atoms with Crippen molar-refractivity contribution in [3.8, 4) is 0 Å². The third-order valence-corrected chi connectivity index (χ3v) is 3.25. The van der Waals surface area contributed by atoms with Gasteiger partial charge in [-0.15, -0.1) is 0 Å². The number of hydrogen-bond donors (Lipinski definition) is 3. The summed E-state index contributed by atoms with van der Waals surface area (Å²) in [5, 5.41) is 14.8. The molecule has 0 radical (unpaired) electrons. The predicted molar refractivity (Wildman–Crippen MR) is 82.9 cm³/mol. The lowest BCUT2D eigenvalue weighted by molar-refractivity contribution is -0.136. The maximum absolute atomic E-state index is 11.8. The molecule has 1 aromatic rings. The van der Waals surface area contributed by atoms with Crippen molar-refractivity contribution >= 4 is 17.5 Å². The zero-order chi connectivity index (χ0) is 16.0. The van der Waals surface area contributed by atoms with E-state index < -0.39 is 17.9 Å². The highest BCUT2D eigenvalue weighted by molar-refractivity contribution is 6.39. The molecule has 5 nitrogen and oxygen atoms in total. The topological polar surface area (TPSA) is 78.4 Å². The van der Waals surface area contributed by atoms with Crippen LogP contribution in [0.3, 0.4) is 0 Å². The highest BCUT2D eigenvalue weighted by Crippen LogP contribution is 2.18. The van der Waals surface area contributed by atoms with Gasteiger partial charge in [-0.3, -0.25) is 9.59 Å². The number of anilines is 1. The maximum atomic E-state index is 11.8. The Morgan fingerprint density at radius 3 is 2.48 bits per heavy atom. The minimum absolute atomic E-state index is 0.0464. The van der Waals surface area contributed by atoms with Crippen LogP contribution in [0.5, 0.6) is 0 Å². The molecule has 21 heavy (non-hydrogen) atoms. The normalized spacial score (nSPS) is 12.6. The van der Waals surface area contributed by atoms with Gasteiger partial charge in [-0.05, 0) is 29.5 Å². The van der Waals surface area contributed by atoms with Crippen molar-refractivity contribution in [3.05, 3.63) is 29.8 Å². The summed E-state index contributed by atoms with van der Waals surface area (Å²) < 4.78 is 0. The van der Waals surface area contributed by atoms with Crippen molar-refractivity contribution in [2.75, 3.05) is 11.9 Å². The number of amides is 2. The summed E-state index contributed by atoms with van der Waals surface area (Å²) in [6, 6.07) is 7.34. The van der Waals surface area contributed by atoms with E-state index in [0.717, 1.165) is 12.0 Å². The van der Waals surface area contributed by atoms with Crippen LogP contribution in [-0.4, -0.2) is 29.6 Å². The Hall–Kier alpha value is -1.88. The molecular formula is C16H24N2O3. The van der Waals surface area contributed by atoms with Gasteiger partial charge in [0.05, 0.1) is 6.10 Å². The third-order valence-electron chi connectivity index (χ3n) is 3.25. The van der Waals surface area contributed by atoms with E-state index in [1.165, 1.54) is 0 Å². The molecule has 0 aliphatic heterocycles. The van der Waals surface area contributed by atoms with E-state index in [2.05, 4.69) is 10.6 Å². The molecule has 0 saturated heterocycles.